The second-order valence-electron chi connectivity index (χ2n) is 10.4. The van der Waals surface area contributed by atoms with Crippen LogP contribution < -0.4 is 5.73 Å². The highest BCUT2D eigenvalue weighted by Gasteiger charge is 2.93. The molecule has 172 valence electrons. The van der Waals surface area contributed by atoms with E-state index in [1.54, 1.807) is 0 Å². The van der Waals surface area contributed by atoms with E-state index < -0.39 is 17.6 Å². The average molecular weight is 447 g/mol. The van der Waals surface area contributed by atoms with Crippen LogP contribution >= 0.6 is 0 Å². The minimum atomic E-state index is -4.54. The Labute approximate surface area is 185 Å². The number of hydrogen-bond donors (Lipinski definition) is 1. The summed E-state index contributed by atoms with van der Waals surface area (Å²) in [6.07, 6.45) is 0.0634. The SMILES string of the molecule is CC(C)c1nc(-c2cnc(N)c(C(F)(F)F)c2)cn1[C@]12C3C(N4CCN(C)CC4)C[C@@H]1[C@H]32. The number of alkyl halides is 3. The van der Waals surface area contributed by atoms with Gasteiger partial charge in [-0.1, -0.05) is 13.8 Å². The lowest BCUT2D eigenvalue weighted by atomic mass is 10.1. The minimum Gasteiger partial charge on any atom is -0.383 e. The van der Waals surface area contributed by atoms with Gasteiger partial charge >= 0.3 is 6.18 Å². The summed E-state index contributed by atoms with van der Waals surface area (Å²) < 4.78 is 42.4. The molecule has 2 N–H and O–H groups in total. The largest absolute Gasteiger partial charge is 0.419 e. The molecule has 9 heteroatoms. The molecule has 7 rings (SSSR count). The maximum Gasteiger partial charge on any atom is 0.419 e. The van der Waals surface area contributed by atoms with E-state index in [0.29, 0.717) is 35.1 Å². The van der Waals surface area contributed by atoms with E-state index in [9.17, 15) is 13.2 Å². The van der Waals surface area contributed by atoms with E-state index in [2.05, 4.69) is 40.2 Å². The van der Waals surface area contributed by atoms with Crippen molar-refractivity contribution in [1.82, 2.24) is 24.3 Å². The Morgan fingerprint density at radius 3 is 2.50 bits per heavy atom. The first kappa shape index (κ1) is 20.5. The van der Waals surface area contributed by atoms with Gasteiger partial charge in [-0.05, 0) is 31.4 Å². The van der Waals surface area contributed by atoms with Gasteiger partial charge in [-0.3, -0.25) is 4.90 Å². The Morgan fingerprint density at radius 1 is 1.16 bits per heavy atom. The number of nitrogens with zero attached hydrogens (tertiary/aromatic N) is 5. The van der Waals surface area contributed by atoms with Crippen molar-refractivity contribution in [2.75, 3.05) is 39.0 Å². The lowest BCUT2D eigenvalue weighted by Gasteiger charge is -2.36. The summed E-state index contributed by atoms with van der Waals surface area (Å²) in [4.78, 5) is 13.7. The zero-order valence-corrected chi connectivity index (χ0v) is 18.6. The zero-order chi connectivity index (χ0) is 22.6. The summed E-state index contributed by atoms with van der Waals surface area (Å²) >= 11 is 0. The van der Waals surface area contributed by atoms with Gasteiger partial charge in [-0.15, -0.1) is 0 Å². The molecule has 0 aromatic carbocycles. The summed E-state index contributed by atoms with van der Waals surface area (Å²) in [5.41, 5.74) is 5.64. The normalized spacial score (nSPS) is 34.2. The third-order valence-electron chi connectivity index (χ3n) is 8.37. The number of piperazine rings is 1. The fourth-order valence-electron chi connectivity index (χ4n) is 6.74. The molecule has 0 amide bonds. The van der Waals surface area contributed by atoms with Gasteiger partial charge in [0.15, 0.2) is 0 Å². The summed E-state index contributed by atoms with van der Waals surface area (Å²) in [5.74, 6) is 2.66. The van der Waals surface area contributed by atoms with Crippen LogP contribution in [0, 0.1) is 17.8 Å². The fourth-order valence-corrected chi connectivity index (χ4v) is 6.74. The smallest absolute Gasteiger partial charge is 0.383 e. The average Bonchev–Trinajstić information content (AvgIpc) is 3.30. The number of aromatic nitrogens is 3. The molecule has 5 fully saturated rings. The van der Waals surface area contributed by atoms with Gasteiger partial charge in [-0.2, -0.15) is 13.2 Å². The molecule has 6 nitrogen and oxygen atoms in total. The Bertz CT molecular complexity index is 1060. The number of halogens is 3. The van der Waals surface area contributed by atoms with Crippen molar-refractivity contribution in [2.24, 2.45) is 17.8 Å². The molecular weight excluding hydrogens is 417 g/mol. The van der Waals surface area contributed by atoms with Crippen LogP contribution in [0.1, 0.15) is 37.6 Å². The van der Waals surface area contributed by atoms with Crippen molar-refractivity contribution < 1.29 is 13.2 Å². The number of fused-ring (bicyclic) bond motifs is 1. The molecule has 5 aliphatic rings. The molecule has 1 aliphatic heterocycles. The number of anilines is 1. The molecule has 2 bridgehead atoms. The molecule has 4 saturated carbocycles. The molecule has 4 aliphatic carbocycles. The first-order valence-corrected chi connectivity index (χ1v) is 11.5. The van der Waals surface area contributed by atoms with Crippen LogP contribution in [0.15, 0.2) is 18.5 Å². The second kappa shape index (κ2) is 6.47. The van der Waals surface area contributed by atoms with Gasteiger partial charge in [0.25, 0.3) is 0 Å². The third kappa shape index (κ3) is 2.67. The number of imidazole rings is 1. The second-order valence-corrected chi connectivity index (χ2v) is 10.4. The molecule has 1 saturated heterocycles. The van der Waals surface area contributed by atoms with Crippen LogP contribution in [0.5, 0.6) is 0 Å². The minimum absolute atomic E-state index is 0.132. The molecule has 2 unspecified atom stereocenters. The van der Waals surface area contributed by atoms with Crippen molar-refractivity contribution in [3.8, 4) is 11.3 Å². The van der Waals surface area contributed by atoms with Crippen molar-refractivity contribution in [3.05, 3.63) is 29.8 Å². The Morgan fingerprint density at radius 2 is 1.88 bits per heavy atom. The fraction of sp³-hybridized carbons (Fsp3) is 0.652. The van der Waals surface area contributed by atoms with Crippen molar-refractivity contribution >= 4 is 5.82 Å². The summed E-state index contributed by atoms with van der Waals surface area (Å²) in [6, 6.07) is 1.70. The van der Waals surface area contributed by atoms with Crippen molar-refractivity contribution in [1.29, 1.82) is 0 Å². The highest BCUT2D eigenvalue weighted by Crippen LogP contribution is 2.89. The first-order valence-electron chi connectivity index (χ1n) is 11.5. The van der Waals surface area contributed by atoms with Crippen LogP contribution in [0.2, 0.25) is 0 Å². The molecule has 0 radical (unpaired) electrons. The number of hydrogen-bond acceptors (Lipinski definition) is 5. The van der Waals surface area contributed by atoms with E-state index in [1.807, 2.05) is 6.20 Å². The third-order valence-corrected chi connectivity index (χ3v) is 8.37. The number of nitrogens with two attached hydrogens (primary N) is 1. The van der Waals surface area contributed by atoms with Gasteiger partial charge in [-0.25, -0.2) is 9.97 Å². The molecule has 2 aromatic heterocycles. The van der Waals surface area contributed by atoms with Crippen molar-refractivity contribution in [3.63, 3.8) is 0 Å². The summed E-state index contributed by atoms with van der Waals surface area (Å²) in [5, 5.41) is 0. The Kier molecular flexibility index (Phi) is 4.14. The van der Waals surface area contributed by atoms with Gasteiger partial charge < -0.3 is 15.2 Å². The number of rotatable bonds is 4. The standard InChI is InChI=1S/C23H29F3N6/c1-12(2)21-29-16(13-8-15(23(24,25)26)20(27)28-10-13)11-32(21)22-14-9-17(19(22)18(14)22)31-6-4-30(3)5-7-31/h8,10-12,14,17-19H,4-7,9H2,1-3H3,(H2,27,28)/t14-,17?,18-,19?,22-/m1/s1. The molecule has 2 aromatic rings. The topological polar surface area (TPSA) is 63.2 Å². The number of nitrogen functional groups attached to an aromatic ring is 1. The molecular formula is C23H29F3N6. The maximum absolute atomic E-state index is 13.4. The predicted octanol–water partition coefficient (Wildman–Crippen LogP) is 3.26. The highest BCUT2D eigenvalue weighted by molar-refractivity contribution is 5.63. The summed E-state index contributed by atoms with van der Waals surface area (Å²) in [6.45, 7) is 8.67. The maximum atomic E-state index is 13.4. The molecule has 32 heavy (non-hydrogen) atoms. The van der Waals surface area contributed by atoms with Crippen LogP contribution in [-0.2, 0) is 11.7 Å². The monoisotopic (exact) mass is 446 g/mol. The zero-order valence-electron chi connectivity index (χ0n) is 18.6. The van der Waals surface area contributed by atoms with E-state index in [-0.39, 0.29) is 11.5 Å². The van der Waals surface area contributed by atoms with Gasteiger partial charge in [0.05, 0.1) is 16.8 Å². The summed E-state index contributed by atoms with van der Waals surface area (Å²) in [7, 11) is 2.18. The number of pyridine rings is 1. The van der Waals surface area contributed by atoms with E-state index in [1.165, 1.54) is 12.6 Å². The highest BCUT2D eigenvalue weighted by atomic mass is 19.4. The molecule has 3 heterocycles. The predicted molar refractivity (Wildman–Crippen MR) is 115 cm³/mol. The number of likely N-dealkylation sites (N-methyl/N-ethyl adjacent to an activating group) is 1. The van der Waals surface area contributed by atoms with Gasteiger partial charge in [0, 0.05) is 62.0 Å². The lowest BCUT2D eigenvalue weighted by Crippen LogP contribution is -2.49. The Balaban J connectivity index is 1.32. The van der Waals surface area contributed by atoms with Gasteiger partial charge in [0.1, 0.15) is 11.6 Å². The van der Waals surface area contributed by atoms with E-state index in [4.69, 9.17) is 10.7 Å². The quantitative estimate of drug-likeness (QED) is 0.781. The van der Waals surface area contributed by atoms with Crippen LogP contribution in [0.25, 0.3) is 11.3 Å². The first-order chi connectivity index (χ1) is 15.1. The molecule has 5 atom stereocenters. The Hall–Kier alpha value is -2.13. The van der Waals surface area contributed by atoms with E-state index >= 15 is 0 Å². The van der Waals surface area contributed by atoms with Crippen LogP contribution in [-0.4, -0.2) is 63.6 Å². The van der Waals surface area contributed by atoms with Crippen LogP contribution in [0.4, 0.5) is 19.0 Å². The van der Waals surface area contributed by atoms with Crippen molar-refractivity contribution in [2.45, 2.75) is 43.9 Å². The molecule has 0 spiro atoms. The van der Waals surface area contributed by atoms with Crippen LogP contribution in [0.3, 0.4) is 0 Å². The lowest BCUT2D eigenvalue weighted by molar-refractivity contribution is -0.137. The van der Waals surface area contributed by atoms with Gasteiger partial charge in [0.2, 0.25) is 0 Å². The van der Waals surface area contributed by atoms with E-state index in [0.717, 1.165) is 38.1 Å².